The van der Waals surface area contributed by atoms with Crippen LogP contribution in [0, 0.1) is 0 Å². The second-order valence-electron chi connectivity index (χ2n) is 15.5. The number of furan rings is 1. The molecule has 2 aromatic heterocycles. The smallest absolute Gasteiger partial charge is 0.143 e. The van der Waals surface area contributed by atoms with Crippen LogP contribution >= 0.6 is 11.3 Å². The van der Waals surface area contributed by atoms with Crippen LogP contribution in [0.4, 0.5) is 0 Å². The summed E-state index contributed by atoms with van der Waals surface area (Å²) >= 11 is 1.87. The highest BCUT2D eigenvalue weighted by molar-refractivity contribution is 7.25. The van der Waals surface area contributed by atoms with E-state index in [0.29, 0.717) is 0 Å². The van der Waals surface area contributed by atoms with Crippen molar-refractivity contribution in [3.05, 3.63) is 194 Å². The van der Waals surface area contributed by atoms with Crippen molar-refractivity contribution in [2.75, 3.05) is 0 Å². The molecule has 0 aliphatic rings. The zero-order valence-corrected chi connectivity index (χ0v) is 32.1. The van der Waals surface area contributed by atoms with Crippen LogP contribution in [0.3, 0.4) is 0 Å². The lowest BCUT2D eigenvalue weighted by Crippen LogP contribution is -1.91. The topological polar surface area (TPSA) is 13.1 Å². The number of fused-ring (bicyclic) bond motifs is 14. The van der Waals surface area contributed by atoms with E-state index in [4.69, 9.17) is 4.42 Å². The Kier molecular flexibility index (Phi) is 6.66. The highest BCUT2D eigenvalue weighted by Gasteiger charge is 2.19. The summed E-state index contributed by atoms with van der Waals surface area (Å²) in [7, 11) is 0. The van der Waals surface area contributed by atoms with Crippen molar-refractivity contribution in [2.24, 2.45) is 0 Å². The molecule has 0 fully saturated rings. The molecular weight excluding hydrogens is 721 g/mol. The van der Waals surface area contributed by atoms with E-state index in [1.54, 1.807) is 0 Å². The fourth-order valence-electron chi connectivity index (χ4n) is 9.78. The summed E-state index contributed by atoms with van der Waals surface area (Å²) in [5.41, 5.74) is 9.28. The monoisotopic (exact) mass is 752 g/mol. The molecule has 0 saturated heterocycles. The van der Waals surface area contributed by atoms with Gasteiger partial charge in [-0.15, -0.1) is 11.3 Å². The van der Waals surface area contributed by atoms with E-state index in [2.05, 4.69) is 194 Å². The van der Waals surface area contributed by atoms with Gasteiger partial charge >= 0.3 is 0 Å². The molecule has 2 heteroatoms. The summed E-state index contributed by atoms with van der Waals surface area (Å²) in [4.78, 5) is 0. The summed E-state index contributed by atoms with van der Waals surface area (Å²) in [6, 6.07) is 71.5. The Hall–Kier alpha value is -7.26. The molecule has 0 aliphatic carbocycles. The van der Waals surface area contributed by atoms with E-state index >= 15 is 0 Å². The summed E-state index contributed by atoms with van der Waals surface area (Å²) < 4.78 is 9.39. The van der Waals surface area contributed by atoms with Gasteiger partial charge in [-0.3, -0.25) is 0 Å². The lowest BCUT2D eigenvalue weighted by Gasteiger charge is -2.18. The Labute approximate surface area is 337 Å². The first-order valence-electron chi connectivity index (χ1n) is 19.9. The predicted molar refractivity (Wildman–Crippen MR) is 250 cm³/mol. The van der Waals surface area contributed by atoms with Gasteiger partial charge in [0.25, 0.3) is 0 Å². The van der Waals surface area contributed by atoms with Crippen molar-refractivity contribution in [1.29, 1.82) is 0 Å². The number of hydrogen-bond acceptors (Lipinski definition) is 2. The Balaban J connectivity index is 0.968. The van der Waals surface area contributed by atoms with Gasteiger partial charge in [0.05, 0.1) is 0 Å². The predicted octanol–water partition coefficient (Wildman–Crippen LogP) is 16.7. The van der Waals surface area contributed by atoms with E-state index < -0.39 is 0 Å². The Morgan fingerprint density at radius 3 is 1.53 bits per heavy atom. The van der Waals surface area contributed by atoms with Crippen LogP contribution in [-0.4, -0.2) is 0 Å². The van der Waals surface area contributed by atoms with Gasteiger partial charge in [0.15, 0.2) is 0 Å². The highest BCUT2D eigenvalue weighted by atomic mass is 32.1. The summed E-state index contributed by atoms with van der Waals surface area (Å²) in [5.74, 6) is 0. The van der Waals surface area contributed by atoms with Crippen LogP contribution in [0.15, 0.2) is 199 Å². The molecule has 0 atom stereocenters. The lowest BCUT2D eigenvalue weighted by molar-refractivity contribution is 0.673. The average molecular weight is 753 g/mol. The maximum Gasteiger partial charge on any atom is 0.143 e. The number of rotatable bonds is 3. The second kappa shape index (κ2) is 12.1. The molecule has 0 N–H and O–H groups in total. The van der Waals surface area contributed by atoms with Gasteiger partial charge in [-0.25, -0.2) is 0 Å². The largest absolute Gasteiger partial charge is 0.455 e. The zero-order chi connectivity index (χ0) is 37.9. The van der Waals surface area contributed by atoms with Crippen molar-refractivity contribution in [3.8, 4) is 33.4 Å². The first-order chi connectivity index (χ1) is 28.7. The van der Waals surface area contributed by atoms with Crippen molar-refractivity contribution >= 4 is 107 Å². The van der Waals surface area contributed by atoms with Crippen molar-refractivity contribution < 1.29 is 4.42 Å². The molecule has 1 nitrogen and oxygen atoms in total. The van der Waals surface area contributed by atoms with Gasteiger partial charge in [-0.2, -0.15) is 0 Å². The minimum Gasteiger partial charge on any atom is -0.455 e. The van der Waals surface area contributed by atoms with Gasteiger partial charge in [-0.1, -0.05) is 152 Å². The number of hydrogen-bond donors (Lipinski definition) is 0. The van der Waals surface area contributed by atoms with E-state index in [1.165, 1.54) is 107 Å². The maximum absolute atomic E-state index is 6.73. The normalized spacial score (nSPS) is 12.1. The van der Waals surface area contributed by atoms with Crippen LogP contribution in [0.5, 0.6) is 0 Å². The van der Waals surface area contributed by atoms with Crippen LogP contribution in [0.1, 0.15) is 0 Å². The van der Waals surface area contributed by atoms with E-state index in [-0.39, 0.29) is 0 Å². The molecule has 13 rings (SSSR count). The first-order valence-corrected chi connectivity index (χ1v) is 20.7. The fourth-order valence-corrected chi connectivity index (χ4v) is 10.9. The Morgan fingerprint density at radius 2 is 0.810 bits per heavy atom. The SMILES string of the molecule is c1ccc2cc3c(cc2c1)oc1c2ccc(-c4ccc(-c5c6ccccc6c(-c6ccc7sc8ccccc8c7c6)c6ccccc56)cc4)cc2c2ccccc2c31. The lowest BCUT2D eigenvalue weighted by atomic mass is 9.85. The van der Waals surface area contributed by atoms with Gasteiger partial charge < -0.3 is 4.42 Å². The molecule has 0 aliphatic heterocycles. The van der Waals surface area contributed by atoms with Crippen LogP contribution < -0.4 is 0 Å². The van der Waals surface area contributed by atoms with Gasteiger partial charge in [0, 0.05) is 36.3 Å². The summed E-state index contributed by atoms with van der Waals surface area (Å²) in [6.07, 6.45) is 0. The van der Waals surface area contributed by atoms with Crippen LogP contribution in [0.2, 0.25) is 0 Å². The Bertz CT molecular complexity index is 3790. The highest BCUT2D eigenvalue weighted by Crippen LogP contribution is 2.47. The third-order valence-corrected chi connectivity index (χ3v) is 13.6. The van der Waals surface area contributed by atoms with Crippen molar-refractivity contribution in [1.82, 2.24) is 0 Å². The Morgan fingerprint density at radius 1 is 0.293 bits per heavy atom. The third-order valence-electron chi connectivity index (χ3n) is 12.4. The zero-order valence-electron chi connectivity index (χ0n) is 31.3. The molecular formula is C56H32OS. The molecule has 0 unspecified atom stereocenters. The molecule has 58 heavy (non-hydrogen) atoms. The maximum atomic E-state index is 6.73. The molecule has 0 spiro atoms. The molecule has 2 heterocycles. The van der Waals surface area contributed by atoms with Gasteiger partial charge in [-0.05, 0) is 124 Å². The molecule has 0 amide bonds. The van der Waals surface area contributed by atoms with Crippen molar-refractivity contribution in [3.63, 3.8) is 0 Å². The summed E-state index contributed by atoms with van der Waals surface area (Å²) in [6.45, 7) is 0. The molecule has 13 aromatic rings. The van der Waals surface area contributed by atoms with E-state index in [1.807, 2.05) is 11.3 Å². The van der Waals surface area contributed by atoms with Gasteiger partial charge in [0.2, 0.25) is 0 Å². The molecule has 11 aromatic carbocycles. The third kappa shape index (κ3) is 4.58. The second-order valence-corrected chi connectivity index (χ2v) is 16.6. The number of thiophene rings is 1. The van der Waals surface area contributed by atoms with Gasteiger partial charge in [0.1, 0.15) is 11.2 Å². The van der Waals surface area contributed by atoms with Crippen LogP contribution in [-0.2, 0) is 0 Å². The van der Waals surface area contributed by atoms with Crippen molar-refractivity contribution in [2.45, 2.75) is 0 Å². The van der Waals surface area contributed by atoms with E-state index in [0.717, 1.165) is 21.9 Å². The average Bonchev–Trinajstić information content (AvgIpc) is 3.85. The summed E-state index contributed by atoms with van der Waals surface area (Å²) in [5, 5.41) is 17.3. The minimum atomic E-state index is 0.927. The first kappa shape index (κ1) is 31.9. The quantitative estimate of drug-likeness (QED) is 0.129. The molecule has 0 radical (unpaired) electrons. The van der Waals surface area contributed by atoms with Crippen LogP contribution in [0.25, 0.3) is 129 Å². The standard InChI is InChI=1S/C56H32OS/c1-2-12-36-32-50-49(30-35(36)11-1)55-41-15-4-3-13-39(41)47-29-37(25-27-46(47)56(55)57-50)33-21-23-34(24-22-33)53-42-16-5-7-18-44(42)54(45-19-8-6-17-43(45)53)38-26-28-52-48(31-38)40-14-9-10-20-51(40)58-52/h1-32H. The van der Waals surface area contributed by atoms with E-state index in [9.17, 15) is 0 Å². The fraction of sp³-hybridized carbons (Fsp3) is 0. The molecule has 0 bridgehead atoms. The molecule has 268 valence electrons. The molecule has 0 saturated carbocycles. The minimum absolute atomic E-state index is 0.927. The number of benzene rings is 11.